The number of hydrogen-bond donors (Lipinski definition) is 1. The van der Waals surface area contributed by atoms with Crippen molar-refractivity contribution in [1.82, 2.24) is 5.32 Å². The van der Waals surface area contributed by atoms with Crippen LogP contribution in [0.2, 0.25) is 0 Å². The molecule has 0 spiro atoms. The van der Waals surface area contributed by atoms with E-state index >= 15 is 0 Å². The van der Waals surface area contributed by atoms with Crippen molar-refractivity contribution < 1.29 is 23.0 Å². The van der Waals surface area contributed by atoms with Gasteiger partial charge in [-0.05, 0) is 6.92 Å². The Balaban J connectivity index is 2.09. The van der Waals surface area contributed by atoms with Crippen LogP contribution in [0, 0.1) is 0 Å². The van der Waals surface area contributed by atoms with Gasteiger partial charge in [-0.25, -0.2) is 13.6 Å². The van der Waals surface area contributed by atoms with Gasteiger partial charge in [-0.1, -0.05) is 0 Å². The molecular weight excluding hydrogens is 208 g/mol. The Morgan fingerprint density at radius 2 is 2.33 bits per heavy atom. The Kier molecular flexibility index (Phi) is 4.41. The first-order valence-electron chi connectivity index (χ1n) is 4.88. The van der Waals surface area contributed by atoms with Gasteiger partial charge in [0.05, 0.1) is 19.8 Å². The normalized spacial score (nSPS) is 24.1. The molecular formula is C9H15F2NO3. The first-order chi connectivity index (χ1) is 7.03. The predicted molar refractivity (Wildman–Crippen MR) is 48.8 cm³/mol. The maximum Gasteiger partial charge on any atom is 0.332 e. The van der Waals surface area contributed by atoms with Gasteiger partial charge in [0, 0.05) is 12.5 Å². The number of carbonyl (C=O) groups excluding carboxylic acids is 1. The van der Waals surface area contributed by atoms with E-state index < -0.39 is 11.9 Å². The monoisotopic (exact) mass is 223 g/mol. The highest BCUT2D eigenvalue weighted by Gasteiger charge is 2.39. The third-order valence-electron chi connectivity index (χ3n) is 2.04. The minimum Gasteiger partial charge on any atom is -0.464 e. The summed E-state index contributed by atoms with van der Waals surface area (Å²) in [5, 5.41) is 2.63. The molecule has 4 nitrogen and oxygen atoms in total. The van der Waals surface area contributed by atoms with Crippen LogP contribution in [0.4, 0.5) is 8.78 Å². The quantitative estimate of drug-likeness (QED) is 0.692. The summed E-state index contributed by atoms with van der Waals surface area (Å²) in [4.78, 5) is 10.8. The summed E-state index contributed by atoms with van der Waals surface area (Å²) in [5.41, 5.74) is 0. The second kappa shape index (κ2) is 5.37. The van der Waals surface area contributed by atoms with Crippen LogP contribution >= 0.6 is 0 Å². The molecule has 1 N–H and O–H groups in total. The molecule has 6 heteroatoms. The molecule has 1 aliphatic rings. The Morgan fingerprint density at radius 3 is 2.87 bits per heavy atom. The van der Waals surface area contributed by atoms with Crippen molar-refractivity contribution in [3.8, 4) is 0 Å². The maximum atomic E-state index is 12.7. The van der Waals surface area contributed by atoms with Gasteiger partial charge in [0.25, 0.3) is 5.92 Å². The number of alkyl halides is 2. The van der Waals surface area contributed by atoms with Crippen LogP contribution in [0.15, 0.2) is 0 Å². The van der Waals surface area contributed by atoms with Gasteiger partial charge in [0.1, 0.15) is 6.61 Å². The van der Waals surface area contributed by atoms with Crippen molar-refractivity contribution in [3.63, 3.8) is 0 Å². The summed E-state index contributed by atoms with van der Waals surface area (Å²) in [7, 11) is 0. The van der Waals surface area contributed by atoms with E-state index in [9.17, 15) is 13.6 Å². The van der Waals surface area contributed by atoms with Crippen LogP contribution in [-0.4, -0.2) is 44.3 Å². The molecule has 0 aromatic heterocycles. The van der Waals surface area contributed by atoms with Crippen molar-refractivity contribution in [2.75, 3.05) is 26.4 Å². The summed E-state index contributed by atoms with van der Waals surface area (Å²) < 4.78 is 35.0. The number of halogens is 2. The van der Waals surface area contributed by atoms with E-state index in [4.69, 9.17) is 4.74 Å². The van der Waals surface area contributed by atoms with E-state index in [0.717, 1.165) is 0 Å². The molecule has 0 radical (unpaired) electrons. The van der Waals surface area contributed by atoms with E-state index in [0.29, 0.717) is 6.61 Å². The molecule has 15 heavy (non-hydrogen) atoms. The number of rotatable bonds is 5. The standard InChI is InChI=1S/C9H15F2NO3/c1-2-15-8(13)5-14-4-7-3-9(10,11)6-12-7/h7,12H,2-6H2,1H3. The van der Waals surface area contributed by atoms with Crippen molar-refractivity contribution >= 4 is 5.97 Å². The second-order valence-corrected chi connectivity index (χ2v) is 3.46. The van der Waals surface area contributed by atoms with Crippen LogP contribution in [-0.2, 0) is 14.3 Å². The molecule has 1 unspecified atom stereocenters. The molecule has 0 aromatic rings. The zero-order valence-electron chi connectivity index (χ0n) is 8.59. The summed E-state index contributed by atoms with van der Waals surface area (Å²) in [5.74, 6) is -3.12. The van der Waals surface area contributed by atoms with Crippen LogP contribution in [0.1, 0.15) is 13.3 Å². The lowest BCUT2D eigenvalue weighted by Crippen LogP contribution is -2.28. The lowest BCUT2D eigenvalue weighted by Gasteiger charge is -2.10. The molecule has 1 fully saturated rings. The Labute approximate surface area is 86.9 Å². The summed E-state index contributed by atoms with van der Waals surface area (Å²) in [6.45, 7) is 1.59. The summed E-state index contributed by atoms with van der Waals surface area (Å²) >= 11 is 0. The Bertz CT molecular complexity index is 223. The highest BCUT2D eigenvalue weighted by atomic mass is 19.3. The van der Waals surface area contributed by atoms with Crippen molar-refractivity contribution in [2.45, 2.75) is 25.3 Å². The largest absolute Gasteiger partial charge is 0.464 e. The molecule has 1 rings (SSSR count). The fourth-order valence-corrected chi connectivity index (χ4v) is 1.40. The van der Waals surface area contributed by atoms with Gasteiger partial charge in [0.2, 0.25) is 0 Å². The molecule has 88 valence electrons. The minimum absolute atomic E-state index is 0.106. The molecule has 0 bridgehead atoms. The van der Waals surface area contributed by atoms with Gasteiger partial charge in [-0.15, -0.1) is 0 Å². The predicted octanol–water partition coefficient (Wildman–Crippen LogP) is 0.563. The van der Waals surface area contributed by atoms with Crippen molar-refractivity contribution in [2.24, 2.45) is 0 Å². The highest BCUT2D eigenvalue weighted by molar-refractivity contribution is 5.70. The summed E-state index contributed by atoms with van der Waals surface area (Å²) in [6, 6.07) is -0.380. The molecule has 1 heterocycles. The number of carbonyl (C=O) groups is 1. The lowest BCUT2D eigenvalue weighted by atomic mass is 10.2. The van der Waals surface area contributed by atoms with Crippen LogP contribution in [0.25, 0.3) is 0 Å². The average molecular weight is 223 g/mol. The molecule has 0 aliphatic carbocycles. The first kappa shape index (κ1) is 12.3. The fraction of sp³-hybridized carbons (Fsp3) is 0.889. The van der Waals surface area contributed by atoms with E-state index in [1.807, 2.05) is 0 Å². The topological polar surface area (TPSA) is 47.6 Å². The van der Waals surface area contributed by atoms with E-state index in [-0.39, 0.29) is 32.2 Å². The minimum atomic E-state index is -2.65. The van der Waals surface area contributed by atoms with Gasteiger partial charge >= 0.3 is 5.97 Å². The Morgan fingerprint density at radius 1 is 1.60 bits per heavy atom. The SMILES string of the molecule is CCOC(=O)COCC1CC(F)(F)CN1. The zero-order chi connectivity index (χ0) is 11.3. The average Bonchev–Trinajstić information content (AvgIpc) is 2.46. The number of hydrogen-bond acceptors (Lipinski definition) is 4. The molecule has 1 aliphatic heterocycles. The molecule has 1 atom stereocenters. The second-order valence-electron chi connectivity index (χ2n) is 3.46. The van der Waals surface area contributed by atoms with E-state index in [1.54, 1.807) is 6.92 Å². The van der Waals surface area contributed by atoms with Crippen LogP contribution in [0.3, 0.4) is 0 Å². The van der Waals surface area contributed by atoms with Crippen LogP contribution in [0.5, 0.6) is 0 Å². The third kappa shape index (κ3) is 4.53. The zero-order valence-corrected chi connectivity index (χ0v) is 8.59. The Hall–Kier alpha value is -0.750. The van der Waals surface area contributed by atoms with Gasteiger partial charge in [-0.2, -0.15) is 0 Å². The summed E-state index contributed by atoms with van der Waals surface area (Å²) in [6.07, 6.45) is -0.240. The molecule has 1 saturated heterocycles. The highest BCUT2D eigenvalue weighted by Crippen LogP contribution is 2.24. The van der Waals surface area contributed by atoms with E-state index in [1.165, 1.54) is 0 Å². The lowest BCUT2D eigenvalue weighted by molar-refractivity contribution is -0.148. The van der Waals surface area contributed by atoms with Crippen LogP contribution < -0.4 is 5.32 Å². The molecule has 0 aromatic carbocycles. The molecule has 0 amide bonds. The first-order valence-corrected chi connectivity index (χ1v) is 4.88. The van der Waals surface area contributed by atoms with E-state index in [2.05, 4.69) is 10.1 Å². The maximum absolute atomic E-state index is 12.7. The fourth-order valence-electron chi connectivity index (χ4n) is 1.40. The number of nitrogens with one attached hydrogen (secondary N) is 1. The number of ether oxygens (including phenoxy) is 2. The van der Waals surface area contributed by atoms with Gasteiger partial charge in [-0.3, -0.25) is 0 Å². The smallest absolute Gasteiger partial charge is 0.332 e. The van der Waals surface area contributed by atoms with Crippen molar-refractivity contribution in [1.29, 1.82) is 0 Å². The molecule has 0 saturated carbocycles. The number of esters is 1. The van der Waals surface area contributed by atoms with Gasteiger partial charge in [0.15, 0.2) is 0 Å². The third-order valence-corrected chi connectivity index (χ3v) is 2.04. The van der Waals surface area contributed by atoms with Gasteiger partial charge < -0.3 is 14.8 Å². The van der Waals surface area contributed by atoms with Crippen molar-refractivity contribution in [3.05, 3.63) is 0 Å².